The van der Waals surface area contributed by atoms with Gasteiger partial charge in [-0.1, -0.05) is 30.3 Å². The molecule has 1 saturated heterocycles. The van der Waals surface area contributed by atoms with Crippen LogP contribution in [0.5, 0.6) is 5.75 Å². The van der Waals surface area contributed by atoms with E-state index in [2.05, 4.69) is 40.2 Å². The van der Waals surface area contributed by atoms with Crippen molar-refractivity contribution in [3.05, 3.63) is 60.2 Å². The maximum absolute atomic E-state index is 12.8. The van der Waals surface area contributed by atoms with Crippen LogP contribution in [0.2, 0.25) is 0 Å². The van der Waals surface area contributed by atoms with Gasteiger partial charge in [0.1, 0.15) is 11.9 Å². The summed E-state index contributed by atoms with van der Waals surface area (Å²) in [5.74, 6) is 0.865. The molecule has 4 heteroatoms. The van der Waals surface area contributed by atoms with Gasteiger partial charge >= 0.3 is 0 Å². The summed E-state index contributed by atoms with van der Waals surface area (Å²) in [5.41, 5.74) is 1.46. The monoisotopic (exact) mass is 312 g/mol. The SMILES string of the molecule is Fc1ccc(OC2CC(N3CCC(c4ccccc4)C3)C2)cn1. The van der Waals surface area contributed by atoms with Crippen molar-refractivity contribution in [1.82, 2.24) is 9.88 Å². The Morgan fingerprint density at radius 1 is 1.09 bits per heavy atom. The van der Waals surface area contributed by atoms with Crippen molar-refractivity contribution in [2.24, 2.45) is 0 Å². The van der Waals surface area contributed by atoms with Crippen LogP contribution in [0.3, 0.4) is 0 Å². The minimum Gasteiger partial charge on any atom is -0.489 e. The third-order valence-electron chi connectivity index (χ3n) is 5.08. The standard InChI is InChI=1S/C19H21FN2O/c20-19-7-6-17(12-21-19)23-18-10-16(11-18)22-9-8-15(13-22)14-4-2-1-3-5-14/h1-7,12,15-16,18H,8-11,13H2. The molecule has 2 fully saturated rings. The number of nitrogens with zero attached hydrogens (tertiary/aromatic N) is 2. The average molecular weight is 312 g/mol. The normalized spacial score (nSPS) is 27.6. The van der Waals surface area contributed by atoms with Crippen molar-refractivity contribution in [3.8, 4) is 5.75 Å². The Morgan fingerprint density at radius 3 is 2.65 bits per heavy atom. The van der Waals surface area contributed by atoms with Crippen molar-refractivity contribution in [2.45, 2.75) is 37.3 Å². The second-order valence-electron chi connectivity index (χ2n) is 6.57. The first kappa shape index (κ1) is 14.6. The molecule has 4 rings (SSSR count). The molecule has 0 amide bonds. The van der Waals surface area contributed by atoms with Crippen LogP contribution in [-0.2, 0) is 0 Å². The van der Waals surface area contributed by atoms with E-state index in [1.54, 1.807) is 6.07 Å². The Bertz CT molecular complexity index is 640. The Labute approximate surface area is 136 Å². The molecule has 120 valence electrons. The molecule has 0 N–H and O–H groups in total. The number of likely N-dealkylation sites (tertiary alicyclic amines) is 1. The van der Waals surface area contributed by atoms with Crippen molar-refractivity contribution >= 4 is 0 Å². The molecule has 1 saturated carbocycles. The molecular formula is C19H21FN2O. The number of pyridine rings is 1. The van der Waals surface area contributed by atoms with Gasteiger partial charge in [-0.15, -0.1) is 0 Å². The number of aromatic nitrogens is 1. The first-order valence-corrected chi connectivity index (χ1v) is 8.35. The van der Waals surface area contributed by atoms with Crippen molar-refractivity contribution in [3.63, 3.8) is 0 Å². The van der Waals surface area contributed by atoms with Crippen LogP contribution < -0.4 is 4.74 Å². The zero-order valence-electron chi connectivity index (χ0n) is 13.1. The van der Waals surface area contributed by atoms with Crippen molar-refractivity contribution in [1.29, 1.82) is 0 Å². The number of halogens is 1. The lowest BCUT2D eigenvalue weighted by atomic mass is 9.88. The summed E-state index contributed by atoms with van der Waals surface area (Å²) in [5, 5.41) is 0. The molecule has 3 nitrogen and oxygen atoms in total. The fourth-order valence-corrected chi connectivity index (χ4v) is 3.67. The van der Waals surface area contributed by atoms with Gasteiger partial charge in [0.15, 0.2) is 0 Å². The topological polar surface area (TPSA) is 25.4 Å². The lowest BCUT2D eigenvalue weighted by Crippen LogP contribution is -2.48. The van der Waals surface area contributed by atoms with E-state index in [4.69, 9.17) is 4.74 Å². The van der Waals surface area contributed by atoms with E-state index in [1.165, 1.54) is 30.8 Å². The van der Waals surface area contributed by atoms with E-state index in [0.717, 1.165) is 19.4 Å². The van der Waals surface area contributed by atoms with Crippen LogP contribution in [-0.4, -0.2) is 35.1 Å². The molecule has 1 aliphatic heterocycles. The van der Waals surface area contributed by atoms with Gasteiger partial charge in [0.05, 0.1) is 6.20 Å². The van der Waals surface area contributed by atoms with Crippen molar-refractivity contribution in [2.75, 3.05) is 13.1 Å². The van der Waals surface area contributed by atoms with E-state index in [0.29, 0.717) is 17.7 Å². The predicted octanol–water partition coefficient (Wildman–Crippen LogP) is 3.62. The maximum Gasteiger partial charge on any atom is 0.213 e. The minimum absolute atomic E-state index is 0.239. The lowest BCUT2D eigenvalue weighted by Gasteiger charge is -2.41. The first-order chi connectivity index (χ1) is 11.3. The molecule has 0 spiro atoms. The van der Waals surface area contributed by atoms with Gasteiger partial charge in [-0.05, 0) is 36.6 Å². The zero-order valence-corrected chi connectivity index (χ0v) is 13.1. The number of benzene rings is 1. The molecule has 1 unspecified atom stereocenters. The van der Waals surface area contributed by atoms with Crippen LogP contribution in [0.1, 0.15) is 30.7 Å². The van der Waals surface area contributed by atoms with Crippen LogP contribution in [0.25, 0.3) is 0 Å². The molecule has 2 heterocycles. The van der Waals surface area contributed by atoms with Gasteiger partial charge in [-0.3, -0.25) is 4.90 Å². The fourth-order valence-electron chi connectivity index (χ4n) is 3.67. The summed E-state index contributed by atoms with van der Waals surface area (Å²) in [6.45, 7) is 2.33. The Hall–Kier alpha value is -1.94. The quantitative estimate of drug-likeness (QED) is 0.806. The molecule has 1 aromatic heterocycles. The molecule has 1 aromatic carbocycles. The van der Waals surface area contributed by atoms with Crippen LogP contribution in [0.15, 0.2) is 48.7 Å². The van der Waals surface area contributed by atoms with E-state index in [9.17, 15) is 4.39 Å². The number of hydrogen-bond acceptors (Lipinski definition) is 3. The summed E-state index contributed by atoms with van der Waals surface area (Å²) in [7, 11) is 0. The Kier molecular flexibility index (Phi) is 4.00. The second kappa shape index (κ2) is 6.28. The van der Waals surface area contributed by atoms with E-state index < -0.39 is 5.95 Å². The molecule has 23 heavy (non-hydrogen) atoms. The highest BCUT2D eigenvalue weighted by Gasteiger charge is 2.38. The summed E-state index contributed by atoms with van der Waals surface area (Å²) in [4.78, 5) is 6.23. The van der Waals surface area contributed by atoms with Gasteiger partial charge in [0, 0.05) is 25.4 Å². The average Bonchev–Trinajstić information content (AvgIpc) is 3.02. The summed E-state index contributed by atoms with van der Waals surface area (Å²) in [6, 6.07) is 14.4. The van der Waals surface area contributed by atoms with E-state index >= 15 is 0 Å². The highest BCUT2D eigenvalue weighted by Crippen LogP contribution is 2.35. The molecule has 2 aliphatic rings. The zero-order chi connectivity index (χ0) is 15.6. The minimum atomic E-state index is -0.465. The molecule has 2 aromatic rings. The van der Waals surface area contributed by atoms with Gasteiger partial charge < -0.3 is 4.74 Å². The van der Waals surface area contributed by atoms with Gasteiger partial charge in [0.2, 0.25) is 5.95 Å². The predicted molar refractivity (Wildman–Crippen MR) is 87.0 cm³/mol. The lowest BCUT2D eigenvalue weighted by molar-refractivity contribution is 0.0273. The molecule has 0 bridgehead atoms. The number of ether oxygens (including phenoxy) is 1. The van der Waals surface area contributed by atoms with Gasteiger partial charge in [-0.25, -0.2) is 4.98 Å². The van der Waals surface area contributed by atoms with E-state index in [1.807, 2.05) is 0 Å². The third kappa shape index (κ3) is 3.22. The number of hydrogen-bond donors (Lipinski definition) is 0. The van der Waals surface area contributed by atoms with Gasteiger partial charge in [-0.2, -0.15) is 4.39 Å². The summed E-state index contributed by atoms with van der Waals surface area (Å²) < 4.78 is 18.6. The van der Waals surface area contributed by atoms with Crippen LogP contribution in [0.4, 0.5) is 4.39 Å². The smallest absolute Gasteiger partial charge is 0.213 e. The highest BCUT2D eigenvalue weighted by molar-refractivity contribution is 5.21. The van der Waals surface area contributed by atoms with E-state index in [-0.39, 0.29) is 6.10 Å². The van der Waals surface area contributed by atoms with Crippen molar-refractivity contribution < 1.29 is 9.13 Å². The third-order valence-corrected chi connectivity index (χ3v) is 5.08. The highest BCUT2D eigenvalue weighted by atomic mass is 19.1. The Balaban J connectivity index is 1.27. The largest absolute Gasteiger partial charge is 0.489 e. The molecule has 1 aliphatic carbocycles. The first-order valence-electron chi connectivity index (χ1n) is 8.35. The van der Waals surface area contributed by atoms with Crippen LogP contribution in [0, 0.1) is 5.95 Å². The maximum atomic E-state index is 12.8. The molecular weight excluding hydrogens is 291 g/mol. The second-order valence-corrected chi connectivity index (χ2v) is 6.57. The van der Waals surface area contributed by atoms with Gasteiger partial charge in [0.25, 0.3) is 0 Å². The summed E-state index contributed by atoms with van der Waals surface area (Å²) >= 11 is 0. The summed E-state index contributed by atoms with van der Waals surface area (Å²) in [6.07, 6.45) is 5.05. The fraction of sp³-hybridized carbons (Fsp3) is 0.421. The molecule has 1 atom stereocenters. The van der Waals surface area contributed by atoms with Crippen LogP contribution >= 0.6 is 0 Å². The Morgan fingerprint density at radius 2 is 1.91 bits per heavy atom. The molecule has 0 radical (unpaired) electrons. The number of rotatable bonds is 4.